The van der Waals surface area contributed by atoms with Crippen LogP contribution in [0.1, 0.15) is 62.7 Å². The van der Waals surface area contributed by atoms with Crippen LogP contribution in [-0.4, -0.2) is 23.1 Å². The molecule has 0 bridgehead atoms. The number of aromatic amines is 1. The van der Waals surface area contributed by atoms with Crippen molar-refractivity contribution in [1.82, 2.24) is 15.3 Å². The van der Waals surface area contributed by atoms with Crippen LogP contribution in [0.15, 0.2) is 48.5 Å². The molecule has 166 valence electrons. The molecule has 1 aliphatic carbocycles. The molecule has 0 amide bonds. The summed E-state index contributed by atoms with van der Waals surface area (Å²) >= 11 is 0. The highest BCUT2D eigenvalue weighted by molar-refractivity contribution is 6.10. The second kappa shape index (κ2) is 7.93. The lowest BCUT2D eigenvalue weighted by atomic mass is 9.72. The lowest BCUT2D eigenvalue weighted by Crippen LogP contribution is -2.37. The van der Waals surface area contributed by atoms with E-state index in [0.29, 0.717) is 12.1 Å². The standard InChI is InChI=1S/C28H33N3O/c1-17(2)29-23-15-28(3,4)16-24-26(23)25-20-8-6-7-9-21(20)31-27(25)22(30-24)14-18-10-12-19(32-5)13-11-18/h6-13,17,23,29,31H,14-16H2,1-5H3. The summed E-state index contributed by atoms with van der Waals surface area (Å²) in [6.45, 7) is 9.21. The van der Waals surface area contributed by atoms with E-state index >= 15 is 0 Å². The van der Waals surface area contributed by atoms with E-state index < -0.39 is 0 Å². The van der Waals surface area contributed by atoms with Gasteiger partial charge in [0.25, 0.3) is 0 Å². The fourth-order valence-electron chi connectivity index (χ4n) is 5.36. The SMILES string of the molecule is COc1ccc(Cc2nc3c(c4c2[nH]c2ccccc24)C(NC(C)C)CC(C)(C)C3)cc1. The molecule has 0 fully saturated rings. The summed E-state index contributed by atoms with van der Waals surface area (Å²) in [6, 6.07) is 17.7. The van der Waals surface area contributed by atoms with Gasteiger partial charge in [0.05, 0.1) is 18.3 Å². The number of hydrogen-bond donors (Lipinski definition) is 2. The summed E-state index contributed by atoms with van der Waals surface area (Å²) in [6.07, 6.45) is 2.92. The molecule has 32 heavy (non-hydrogen) atoms. The van der Waals surface area contributed by atoms with Crippen molar-refractivity contribution in [2.24, 2.45) is 5.41 Å². The van der Waals surface area contributed by atoms with Gasteiger partial charge in [-0.2, -0.15) is 0 Å². The topological polar surface area (TPSA) is 49.9 Å². The molecular formula is C28H33N3O. The number of aromatic nitrogens is 2. The Kier molecular flexibility index (Phi) is 5.21. The van der Waals surface area contributed by atoms with Crippen molar-refractivity contribution in [2.45, 2.75) is 59.0 Å². The minimum absolute atomic E-state index is 0.212. The summed E-state index contributed by atoms with van der Waals surface area (Å²) in [4.78, 5) is 9.04. The smallest absolute Gasteiger partial charge is 0.118 e. The highest BCUT2D eigenvalue weighted by atomic mass is 16.5. The fraction of sp³-hybridized carbons (Fsp3) is 0.393. The monoisotopic (exact) mass is 427 g/mol. The summed E-state index contributed by atoms with van der Waals surface area (Å²) in [5.41, 5.74) is 7.58. The second-order valence-electron chi connectivity index (χ2n) is 10.3. The van der Waals surface area contributed by atoms with Gasteiger partial charge in [0, 0.05) is 46.1 Å². The van der Waals surface area contributed by atoms with Crippen LogP contribution < -0.4 is 10.1 Å². The third kappa shape index (κ3) is 3.77. The molecule has 0 saturated heterocycles. The van der Waals surface area contributed by atoms with Gasteiger partial charge >= 0.3 is 0 Å². The Morgan fingerprint density at radius 2 is 1.88 bits per heavy atom. The minimum atomic E-state index is 0.212. The van der Waals surface area contributed by atoms with Crippen LogP contribution in [0, 0.1) is 5.41 Å². The molecule has 0 radical (unpaired) electrons. The van der Waals surface area contributed by atoms with Gasteiger partial charge in [0.2, 0.25) is 0 Å². The predicted octanol–water partition coefficient (Wildman–Crippen LogP) is 6.33. The lowest BCUT2D eigenvalue weighted by molar-refractivity contribution is 0.248. The maximum atomic E-state index is 5.34. The predicted molar refractivity (Wildman–Crippen MR) is 133 cm³/mol. The van der Waals surface area contributed by atoms with Crippen molar-refractivity contribution >= 4 is 21.8 Å². The number of fused-ring (bicyclic) bond motifs is 5. The van der Waals surface area contributed by atoms with Gasteiger partial charge in [0.1, 0.15) is 5.75 Å². The number of methoxy groups -OCH3 is 1. The van der Waals surface area contributed by atoms with E-state index in [1.54, 1.807) is 7.11 Å². The Balaban J connectivity index is 1.74. The van der Waals surface area contributed by atoms with Crippen LogP contribution in [0.3, 0.4) is 0 Å². The van der Waals surface area contributed by atoms with Gasteiger partial charge in [-0.05, 0) is 42.0 Å². The maximum absolute atomic E-state index is 5.34. The van der Waals surface area contributed by atoms with Crippen molar-refractivity contribution in [3.8, 4) is 5.75 Å². The van der Waals surface area contributed by atoms with E-state index in [9.17, 15) is 0 Å². The zero-order chi connectivity index (χ0) is 22.5. The summed E-state index contributed by atoms with van der Waals surface area (Å²) in [7, 11) is 1.71. The van der Waals surface area contributed by atoms with Crippen molar-refractivity contribution in [3.63, 3.8) is 0 Å². The summed E-state index contributed by atoms with van der Waals surface area (Å²) in [5, 5.41) is 6.50. The van der Waals surface area contributed by atoms with E-state index in [1.165, 1.54) is 38.6 Å². The Labute approximate surface area is 190 Å². The molecule has 4 heteroatoms. The number of rotatable bonds is 5. The first-order valence-corrected chi connectivity index (χ1v) is 11.7. The van der Waals surface area contributed by atoms with Crippen LogP contribution in [0.25, 0.3) is 21.8 Å². The normalized spacial score (nSPS) is 17.8. The molecular weight excluding hydrogens is 394 g/mol. The fourth-order valence-corrected chi connectivity index (χ4v) is 5.36. The molecule has 4 aromatic rings. The van der Waals surface area contributed by atoms with E-state index in [4.69, 9.17) is 9.72 Å². The van der Waals surface area contributed by atoms with Crippen molar-refractivity contribution in [2.75, 3.05) is 7.11 Å². The first kappa shape index (κ1) is 21.0. The van der Waals surface area contributed by atoms with Gasteiger partial charge in [-0.1, -0.05) is 58.0 Å². The van der Waals surface area contributed by atoms with Gasteiger partial charge < -0.3 is 15.0 Å². The van der Waals surface area contributed by atoms with Gasteiger partial charge in [-0.15, -0.1) is 0 Å². The van der Waals surface area contributed by atoms with E-state index in [-0.39, 0.29) is 5.41 Å². The number of benzene rings is 2. The molecule has 0 saturated carbocycles. The molecule has 1 atom stereocenters. The Morgan fingerprint density at radius 1 is 1.12 bits per heavy atom. The molecule has 5 rings (SSSR count). The number of nitrogens with zero attached hydrogens (tertiary/aromatic N) is 1. The average Bonchev–Trinajstić information content (AvgIpc) is 3.13. The first-order valence-electron chi connectivity index (χ1n) is 11.7. The zero-order valence-electron chi connectivity index (χ0n) is 19.8. The van der Waals surface area contributed by atoms with E-state index in [0.717, 1.165) is 30.7 Å². The van der Waals surface area contributed by atoms with Gasteiger partial charge in [-0.25, -0.2) is 0 Å². The highest BCUT2D eigenvalue weighted by Crippen LogP contribution is 2.45. The number of ether oxygens (including phenoxy) is 1. The van der Waals surface area contributed by atoms with Crippen molar-refractivity contribution in [1.29, 1.82) is 0 Å². The minimum Gasteiger partial charge on any atom is -0.497 e. The molecule has 1 unspecified atom stereocenters. The van der Waals surface area contributed by atoms with Crippen molar-refractivity contribution < 1.29 is 4.74 Å². The largest absolute Gasteiger partial charge is 0.497 e. The Bertz CT molecular complexity index is 1270. The molecule has 0 aliphatic heterocycles. The number of nitrogens with one attached hydrogen (secondary N) is 2. The van der Waals surface area contributed by atoms with E-state index in [1.807, 2.05) is 12.1 Å². The molecule has 0 spiro atoms. The highest BCUT2D eigenvalue weighted by Gasteiger charge is 2.36. The average molecular weight is 428 g/mol. The molecule has 2 heterocycles. The third-order valence-corrected chi connectivity index (χ3v) is 6.66. The van der Waals surface area contributed by atoms with Crippen LogP contribution >= 0.6 is 0 Å². The van der Waals surface area contributed by atoms with Crippen LogP contribution in [0.4, 0.5) is 0 Å². The number of para-hydroxylation sites is 1. The Morgan fingerprint density at radius 3 is 2.59 bits per heavy atom. The zero-order valence-corrected chi connectivity index (χ0v) is 19.8. The number of pyridine rings is 1. The van der Waals surface area contributed by atoms with Crippen molar-refractivity contribution in [3.05, 3.63) is 71.0 Å². The summed E-state index contributed by atoms with van der Waals surface area (Å²) < 4.78 is 5.34. The molecule has 2 aromatic heterocycles. The second-order valence-corrected chi connectivity index (χ2v) is 10.3. The molecule has 4 nitrogen and oxygen atoms in total. The lowest BCUT2D eigenvalue weighted by Gasteiger charge is -2.38. The molecule has 1 aliphatic rings. The number of H-pyrrole nitrogens is 1. The quantitative estimate of drug-likeness (QED) is 0.391. The summed E-state index contributed by atoms with van der Waals surface area (Å²) in [5.74, 6) is 0.882. The van der Waals surface area contributed by atoms with E-state index in [2.05, 4.69) is 74.4 Å². The Hall–Kier alpha value is -2.85. The van der Waals surface area contributed by atoms with Gasteiger partial charge in [0.15, 0.2) is 0 Å². The third-order valence-electron chi connectivity index (χ3n) is 6.66. The van der Waals surface area contributed by atoms with Crippen LogP contribution in [0.5, 0.6) is 5.75 Å². The maximum Gasteiger partial charge on any atom is 0.118 e. The molecule has 2 aromatic carbocycles. The van der Waals surface area contributed by atoms with Crippen LogP contribution in [0.2, 0.25) is 0 Å². The first-order chi connectivity index (χ1) is 15.3. The van der Waals surface area contributed by atoms with Crippen LogP contribution in [-0.2, 0) is 12.8 Å². The number of hydrogen-bond acceptors (Lipinski definition) is 3. The van der Waals surface area contributed by atoms with Gasteiger partial charge in [-0.3, -0.25) is 4.98 Å². The molecule has 2 N–H and O–H groups in total.